The number of likely N-dealkylation sites (N-methyl/N-ethyl adjacent to an activating group) is 1. The second kappa shape index (κ2) is 4.91. The molecule has 0 bridgehead atoms. The van der Waals surface area contributed by atoms with Gasteiger partial charge in [0, 0.05) is 32.2 Å². The van der Waals surface area contributed by atoms with E-state index < -0.39 is 6.17 Å². The summed E-state index contributed by atoms with van der Waals surface area (Å²) in [5.74, 6) is 0. The summed E-state index contributed by atoms with van der Waals surface area (Å²) in [6.07, 6.45) is 0.0196. The van der Waals surface area contributed by atoms with Gasteiger partial charge in [-0.3, -0.25) is 0 Å². The first-order valence-corrected chi connectivity index (χ1v) is 5.16. The van der Waals surface area contributed by atoms with Gasteiger partial charge in [-0.15, -0.1) is 0 Å². The van der Waals surface area contributed by atoms with Crippen LogP contribution in [0.5, 0.6) is 0 Å². The number of halogens is 1. The van der Waals surface area contributed by atoms with E-state index in [1.54, 1.807) is 6.92 Å². The van der Waals surface area contributed by atoms with Crippen molar-refractivity contribution in [2.45, 2.75) is 32.5 Å². The van der Waals surface area contributed by atoms with Crippen LogP contribution in [0.2, 0.25) is 0 Å². The van der Waals surface area contributed by atoms with Gasteiger partial charge in [0.05, 0.1) is 6.17 Å². The van der Waals surface area contributed by atoms with Gasteiger partial charge in [-0.25, -0.2) is 4.39 Å². The fraction of sp³-hybridized carbons (Fsp3) is 1.00. The summed E-state index contributed by atoms with van der Waals surface area (Å²) in [6.45, 7) is 8.07. The first-order chi connectivity index (χ1) is 6.09. The Bertz CT molecular complexity index is 150. The highest BCUT2D eigenvalue weighted by molar-refractivity contribution is 4.76. The third kappa shape index (κ3) is 3.61. The number of piperazine rings is 1. The minimum absolute atomic E-state index is 0.615. The molecule has 1 saturated heterocycles. The largest absolute Gasteiger partial charge is 0.301 e. The summed E-state index contributed by atoms with van der Waals surface area (Å²) >= 11 is 0. The molecule has 0 saturated carbocycles. The number of rotatable bonds is 3. The summed E-state index contributed by atoms with van der Waals surface area (Å²) in [6, 6.07) is 0.615. The van der Waals surface area contributed by atoms with Gasteiger partial charge in [0.2, 0.25) is 0 Å². The Balaban J connectivity index is 2.21. The Hall–Kier alpha value is -0.150. The van der Waals surface area contributed by atoms with Crippen LogP contribution < -0.4 is 0 Å². The van der Waals surface area contributed by atoms with Crippen molar-refractivity contribution in [1.29, 1.82) is 0 Å². The molecule has 0 aromatic rings. The Morgan fingerprint density at radius 1 is 1.46 bits per heavy atom. The third-order valence-corrected chi connectivity index (χ3v) is 2.89. The number of hydrogen-bond acceptors (Lipinski definition) is 2. The molecule has 2 nitrogen and oxygen atoms in total. The van der Waals surface area contributed by atoms with E-state index >= 15 is 0 Å². The molecule has 78 valence electrons. The standard InChI is InChI=1S/C10H21FN2/c1-9(11)4-5-13-7-6-12(3)10(2)8-13/h9-10H,4-8H2,1-3H3. The predicted molar refractivity (Wildman–Crippen MR) is 53.7 cm³/mol. The summed E-state index contributed by atoms with van der Waals surface area (Å²) in [4.78, 5) is 4.72. The molecule has 13 heavy (non-hydrogen) atoms. The smallest absolute Gasteiger partial charge is 0.0985 e. The van der Waals surface area contributed by atoms with E-state index in [2.05, 4.69) is 23.8 Å². The van der Waals surface area contributed by atoms with E-state index in [9.17, 15) is 4.39 Å². The maximum absolute atomic E-state index is 12.6. The van der Waals surface area contributed by atoms with Crippen LogP contribution in [0.1, 0.15) is 20.3 Å². The predicted octanol–water partition coefficient (Wildman–Crippen LogP) is 1.37. The van der Waals surface area contributed by atoms with Gasteiger partial charge in [0.1, 0.15) is 0 Å². The van der Waals surface area contributed by atoms with Gasteiger partial charge in [-0.05, 0) is 27.3 Å². The molecule has 1 fully saturated rings. The van der Waals surface area contributed by atoms with Gasteiger partial charge in [-0.2, -0.15) is 0 Å². The van der Waals surface area contributed by atoms with Gasteiger partial charge < -0.3 is 9.80 Å². The maximum atomic E-state index is 12.6. The Morgan fingerprint density at radius 3 is 2.69 bits per heavy atom. The molecule has 0 amide bonds. The van der Waals surface area contributed by atoms with Crippen LogP contribution in [0.25, 0.3) is 0 Å². The molecule has 1 aliphatic rings. The fourth-order valence-corrected chi connectivity index (χ4v) is 1.69. The Morgan fingerprint density at radius 2 is 2.15 bits per heavy atom. The summed E-state index contributed by atoms with van der Waals surface area (Å²) in [7, 11) is 2.15. The van der Waals surface area contributed by atoms with Crippen LogP contribution in [-0.2, 0) is 0 Å². The van der Waals surface area contributed by atoms with E-state index in [0.717, 1.165) is 26.2 Å². The van der Waals surface area contributed by atoms with Crippen LogP contribution in [0, 0.1) is 0 Å². The second-order valence-electron chi connectivity index (χ2n) is 4.20. The van der Waals surface area contributed by atoms with Crippen molar-refractivity contribution in [3.05, 3.63) is 0 Å². The van der Waals surface area contributed by atoms with Crippen LogP contribution in [0.3, 0.4) is 0 Å². The monoisotopic (exact) mass is 188 g/mol. The van der Waals surface area contributed by atoms with Crippen LogP contribution in [0.4, 0.5) is 4.39 Å². The van der Waals surface area contributed by atoms with E-state index in [-0.39, 0.29) is 0 Å². The topological polar surface area (TPSA) is 6.48 Å². The molecule has 1 rings (SSSR count). The fourth-order valence-electron chi connectivity index (χ4n) is 1.69. The zero-order valence-corrected chi connectivity index (χ0v) is 8.96. The Kier molecular flexibility index (Phi) is 4.13. The molecule has 0 aromatic carbocycles. The SMILES string of the molecule is CC(F)CCN1CCN(C)C(C)C1. The summed E-state index contributed by atoms with van der Waals surface area (Å²) in [5, 5.41) is 0. The van der Waals surface area contributed by atoms with E-state index in [4.69, 9.17) is 0 Å². The lowest BCUT2D eigenvalue weighted by Gasteiger charge is -2.37. The van der Waals surface area contributed by atoms with E-state index in [1.165, 1.54) is 0 Å². The van der Waals surface area contributed by atoms with Crippen molar-refractivity contribution >= 4 is 0 Å². The van der Waals surface area contributed by atoms with Gasteiger partial charge >= 0.3 is 0 Å². The zero-order valence-electron chi connectivity index (χ0n) is 8.96. The van der Waals surface area contributed by atoms with Crippen molar-refractivity contribution in [2.24, 2.45) is 0 Å². The first-order valence-electron chi connectivity index (χ1n) is 5.16. The highest BCUT2D eigenvalue weighted by Crippen LogP contribution is 2.08. The number of alkyl halides is 1. The van der Waals surface area contributed by atoms with E-state index in [0.29, 0.717) is 12.5 Å². The van der Waals surface area contributed by atoms with Crippen LogP contribution >= 0.6 is 0 Å². The molecule has 0 aromatic heterocycles. The van der Waals surface area contributed by atoms with Crippen LogP contribution in [-0.4, -0.2) is 55.2 Å². The lowest BCUT2D eigenvalue weighted by Crippen LogP contribution is -2.50. The molecule has 3 heteroatoms. The molecule has 0 aliphatic carbocycles. The molecular formula is C10H21FN2. The zero-order chi connectivity index (χ0) is 9.84. The number of hydrogen-bond donors (Lipinski definition) is 0. The molecule has 1 heterocycles. The molecule has 2 unspecified atom stereocenters. The van der Waals surface area contributed by atoms with Gasteiger partial charge in [0.15, 0.2) is 0 Å². The second-order valence-corrected chi connectivity index (χ2v) is 4.20. The van der Waals surface area contributed by atoms with Crippen molar-refractivity contribution in [3.63, 3.8) is 0 Å². The van der Waals surface area contributed by atoms with Crippen molar-refractivity contribution in [1.82, 2.24) is 9.80 Å². The quantitative estimate of drug-likeness (QED) is 0.660. The van der Waals surface area contributed by atoms with Crippen molar-refractivity contribution in [3.8, 4) is 0 Å². The highest BCUT2D eigenvalue weighted by atomic mass is 19.1. The van der Waals surface area contributed by atoms with Gasteiger partial charge in [-0.1, -0.05) is 0 Å². The average Bonchev–Trinajstić information content (AvgIpc) is 2.07. The molecule has 2 atom stereocenters. The summed E-state index contributed by atoms with van der Waals surface area (Å²) in [5.41, 5.74) is 0. The highest BCUT2D eigenvalue weighted by Gasteiger charge is 2.20. The minimum Gasteiger partial charge on any atom is -0.301 e. The van der Waals surface area contributed by atoms with Crippen LogP contribution in [0.15, 0.2) is 0 Å². The molecule has 1 aliphatic heterocycles. The van der Waals surface area contributed by atoms with Gasteiger partial charge in [0.25, 0.3) is 0 Å². The maximum Gasteiger partial charge on any atom is 0.0985 e. The molecule has 0 spiro atoms. The third-order valence-electron chi connectivity index (χ3n) is 2.89. The minimum atomic E-state index is -0.657. The lowest BCUT2D eigenvalue weighted by molar-refractivity contribution is 0.0984. The average molecular weight is 188 g/mol. The van der Waals surface area contributed by atoms with Crippen molar-refractivity contribution < 1.29 is 4.39 Å². The molecule has 0 radical (unpaired) electrons. The Labute approximate surface area is 80.7 Å². The summed E-state index contributed by atoms with van der Waals surface area (Å²) < 4.78 is 12.6. The van der Waals surface area contributed by atoms with E-state index in [1.807, 2.05) is 0 Å². The van der Waals surface area contributed by atoms with Crippen molar-refractivity contribution in [2.75, 3.05) is 33.2 Å². The molecule has 0 N–H and O–H groups in total. The normalized spacial score (nSPS) is 29.1. The molecular weight excluding hydrogens is 167 g/mol. The number of nitrogens with zero attached hydrogens (tertiary/aromatic N) is 2. The first kappa shape index (κ1) is 10.9. The lowest BCUT2D eigenvalue weighted by atomic mass is 10.2.